The Morgan fingerprint density at radius 1 is 1.10 bits per heavy atom. The van der Waals surface area contributed by atoms with Gasteiger partial charge >= 0.3 is 0 Å². The van der Waals surface area contributed by atoms with E-state index in [0.29, 0.717) is 11.5 Å². The van der Waals surface area contributed by atoms with E-state index in [1.54, 1.807) is 12.1 Å². The lowest BCUT2D eigenvalue weighted by atomic mass is 9.86. The van der Waals surface area contributed by atoms with Crippen molar-refractivity contribution in [2.24, 2.45) is 11.7 Å². The smallest absolute Gasteiger partial charge is 0.248 e. The Hall–Kier alpha value is -2.47. The van der Waals surface area contributed by atoms with Gasteiger partial charge in [0.2, 0.25) is 11.9 Å². The molecule has 31 heavy (non-hydrogen) atoms. The molecule has 2 heterocycles. The molecule has 0 spiro atoms. The van der Waals surface area contributed by atoms with Crippen LogP contribution in [0.25, 0.3) is 11.1 Å². The van der Waals surface area contributed by atoms with Crippen molar-refractivity contribution >= 4 is 11.9 Å². The number of hydrogen-bond acceptors (Lipinski definition) is 5. The number of hydrogen-bond donors (Lipinski definition) is 1. The minimum atomic E-state index is -0.406. The van der Waals surface area contributed by atoms with Crippen molar-refractivity contribution in [3.05, 3.63) is 41.7 Å². The number of carbonyl (C=O) groups is 1. The van der Waals surface area contributed by atoms with Crippen LogP contribution in [0, 0.1) is 5.92 Å². The van der Waals surface area contributed by atoms with Crippen molar-refractivity contribution in [1.29, 1.82) is 0 Å². The summed E-state index contributed by atoms with van der Waals surface area (Å²) in [6.45, 7) is 3.48. The van der Waals surface area contributed by atoms with Gasteiger partial charge in [0.1, 0.15) is 0 Å². The number of nitrogens with zero attached hydrogens (tertiary/aromatic N) is 4. The first-order valence-electron chi connectivity index (χ1n) is 11.7. The molecule has 2 aliphatic rings. The number of nitrogens with two attached hydrogens (primary N) is 1. The van der Waals surface area contributed by atoms with E-state index < -0.39 is 5.91 Å². The lowest BCUT2D eigenvalue weighted by Gasteiger charge is -2.36. The van der Waals surface area contributed by atoms with Crippen LogP contribution in [0.1, 0.15) is 66.9 Å². The standard InChI is InChI=1S/C25H35N5O/c1-29(2)25-27-15-22(19-10-12-20(13-11-19)24(26)31)23(28-25)21-9-6-14-30(17-21)16-18-7-4-3-5-8-18/h10-13,15,18,21H,3-9,14,16-17H2,1-2H3,(H2,26,31)/t21-/m1/s1. The Kier molecular flexibility index (Phi) is 6.86. The molecular weight excluding hydrogens is 386 g/mol. The summed E-state index contributed by atoms with van der Waals surface area (Å²) in [5.74, 6) is 1.59. The molecule has 1 aliphatic heterocycles. The van der Waals surface area contributed by atoms with Crippen molar-refractivity contribution in [3.8, 4) is 11.1 Å². The van der Waals surface area contributed by atoms with Crippen LogP contribution in [-0.4, -0.2) is 54.5 Å². The average Bonchev–Trinajstić information content (AvgIpc) is 2.79. The summed E-state index contributed by atoms with van der Waals surface area (Å²) in [7, 11) is 3.97. The Morgan fingerprint density at radius 2 is 1.84 bits per heavy atom. The molecule has 166 valence electrons. The van der Waals surface area contributed by atoms with Crippen LogP contribution in [0.5, 0.6) is 0 Å². The number of aromatic nitrogens is 2. The van der Waals surface area contributed by atoms with Crippen LogP contribution in [-0.2, 0) is 0 Å². The van der Waals surface area contributed by atoms with Gasteiger partial charge in [-0.1, -0.05) is 31.4 Å². The summed E-state index contributed by atoms with van der Waals surface area (Å²) in [5, 5.41) is 0. The van der Waals surface area contributed by atoms with Gasteiger partial charge in [-0.05, 0) is 55.8 Å². The molecule has 1 saturated heterocycles. The molecule has 2 fully saturated rings. The molecule has 1 aliphatic carbocycles. The molecule has 6 nitrogen and oxygen atoms in total. The van der Waals surface area contributed by atoms with Gasteiger partial charge < -0.3 is 15.5 Å². The highest BCUT2D eigenvalue weighted by atomic mass is 16.1. The van der Waals surface area contributed by atoms with Crippen LogP contribution in [0.3, 0.4) is 0 Å². The lowest BCUT2D eigenvalue weighted by molar-refractivity contribution is 0.100. The van der Waals surface area contributed by atoms with Crippen LogP contribution >= 0.6 is 0 Å². The predicted octanol–water partition coefficient (Wildman–Crippen LogP) is 4.07. The topological polar surface area (TPSA) is 75.4 Å². The van der Waals surface area contributed by atoms with E-state index in [9.17, 15) is 4.79 Å². The Morgan fingerprint density at radius 3 is 2.52 bits per heavy atom. The van der Waals surface area contributed by atoms with Crippen LogP contribution in [0.15, 0.2) is 30.5 Å². The van der Waals surface area contributed by atoms with E-state index in [1.807, 2.05) is 37.3 Å². The molecule has 1 aromatic heterocycles. The molecule has 4 rings (SSSR count). The number of piperidine rings is 1. The number of benzene rings is 1. The Balaban J connectivity index is 1.60. The third kappa shape index (κ3) is 5.24. The average molecular weight is 422 g/mol. The van der Waals surface area contributed by atoms with Crippen LogP contribution in [0.2, 0.25) is 0 Å². The Bertz CT molecular complexity index is 889. The van der Waals surface area contributed by atoms with Gasteiger partial charge in [0.15, 0.2) is 0 Å². The largest absolute Gasteiger partial charge is 0.366 e. The molecule has 0 bridgehead atoms. The van der Waals surface area contributed by atoms with Crippen LogP contribution in [0.4, 0.5) is 5.95 Å². The maximum Gasteiger partial charge on any atom is 0.248 e. The second kappa shape index (κ2) is 9.77. The van der Waals surface area contributed by atoms with Gasteiger partial charge in [0.25, 0.3) is 0 Å². The normalized spacial score (nSPS) is 20.5. The van der Waals surface area contributed by atoms with Crippen molar-refractivity contribution in [1.82, 2.24) is 14.9 Å². The number of anilines is 1. The van der Waals surface area contributed by atoms with Gasteiger partial charge in [-0.25, -0.2) is 9.97 Å². The summed E-state index contributed by atoms with van der Waals surface area (Å²) in [6.07, 6.45) is 11.3. The monoisotopic (exact) mass is 421 g/mol. The summed E-state index contributed by atoms with van der Waals surface area (Å²) >= 11 is 0. The van der Waals surface area contributed by atoms with Crippen molar-refractivity contribution in [2.45, 2.75) is 50.9 Å². The first-order chi connectivity index (χ1) is 15.0. The zero-order valence-corrected chi connectivity index (χ0v) is 18.9. The van der Waals surface area contributed by atoms with Crippen molar-refractivity contribution in [2.75, 3.05) is 38.6 Å². The molecule has 1 aromatic carbocycles. The van der Waals surface area contributed by atoms with E-state index in [-0.39, 0.29) is 0 Å². The molecule has 1 atom stereocenters. The fraction of sp³-hybridized carbons (Fsp3) is 0.560. The SMILES string of the molecule is CN(C)c1ncc(-c2ccc(C(N)=O)cc2)c([C@@H]2CCCN(CC3CCCCC3)C2)n1. The molecule has 0 radical (unpaired) electrons. The summed E-state index contributed by atoms with van der Waals surface area (Å²) in [4.78, 5) is 25.7. The van der Waals surface area contributed by atoms with Gasteiger partial charge in [-0.15, -0.1) is 0 Å². The molecule has 6 heteroatoms. The summed E-state index contributed by atoms with van der Waals surface area (Å²) in [5.41, 5.74) is 9.16. The number of primary amides is 1. The number of rotatable bonds is 6. The van der Waals surface area contributed by atoms with E-state index in [1.165, 1.54) is 51.6 Å². The maximum absolute atomic E-state index is 11.5. The minimum Gasteiger partial charge on any atom is -0.366 e. The molecule has 0 unspecified atom stereocenters. The van der Waals surface area contributed by atoms with Crippen molar-refractivity contribution in [3.63, 3.8) is 0 Å². The zero-order chi connectivity index (χ0) is 21.8. The predicted molar refractivity (Wildman–Crippen MR) is 125 cm³/mol. The first kappa shape index (κ1) is 21.8. The summed E-state index contributed by atoms with van der Waals surface area (Å²) in [6, 6.07) is 7.50. The number of amides is 1. The Labute approximate surface area is 185 Å². The number of likely N-dealkylation sites (tertiary alicyclic amines) is 1. The highest BCUT2D eigenvalue weighted by Crippen LogP contribution is 2.35. The molecule has 2 aromatic rings. The van der Waals surface area contributed by atoms with Gasteiger partial charge in [0, 0.05) is 50.4 Å². The highest BCUT2D eigenvalue weighted by molar-refractivity contribution is 5.93. The van der Waals surface area contributed by atoms with Crippen LogP contribution < -0.4 is 10.6 Å². The van der Waals surface area contributed by atoms with E-state index in [2.05, 4.69) is 9.88 Å². The quantitative estimate of drug-likeness (QED) is 0.761. The molecule has 2 N–H and O–H groups in total. The molecule has 1 saturated carbocycles. The molecular formula is C25H35N5O. The van der Waals surface area contributed by atoms with Crippen molar-refractivity contribution < 1.29 is 4.79 Å². The summed E-state index contributed by atoms with van der Waals surface area (Å²) < 4.78 is 0. The first-order valence-corrected chi connectivity index (χ1v) is 11.7. The van der Waals surface area contributed by atoms with E-state index >= 15 is 0 Å². The number of carbonyl (C=O) groups excluding carboxylic acids is 1. The fourth-order valence-corrected chi connectivity index (χ4v) is 5.13. The highest BCUT2D eigenvalue weighted by Gasteiger charge is 2.27. The second-order valence-electron chi connectivity index (χ2n) is 9.41. The van der Waals surface area contributed by atoms with Gasteiger partial charge in [0.05, 0.1) is 5.69 Å². The zero-order valence-electron chi connectivity index (χ0n) is 18.9. The third-order valence-corrected chi connectivity index (χ3v) is 6.82. The van der Waals surface area contributed by atoms with Gasteiger partial charge in [-0.2, -0.15) is 0 Å². The minimum absolute atomic E-state index is 0.393. The van der Waals surface area contributed by atoms with E-state index in [4.69, 9.17) is 10.7 Å². The third-order valence-electron chi connectivity index (χ3n) is 6.82. The van der Waals surface area contributed by atoms with E-state index in [0.717, 1.165) is 41.7 Å². The maximum atomic E-state index is 11.5. The second-order valence-corrected chi connectivity index (χ2v) is 9.41. The fourth-order valence-electron chi connectivity index (χ4n) is 5.13. The lowest BCUT2D eigenvalue weighted by Crippen LogP contribution is -2.38. The van der Waals surface area contributed by atoms with Gasteiger partial charge in [-0.3, -0.25) is 4.79 Å². The molecule has 1 amide bonds.